The standard InChI is InChI=1S/C12H8OS.CH3.Al.H/c1-3-7-11-9(5-1)13-10-6-2-4-8-12(10)14-11;;;/h1-8H;1H3;;/p+1. The molecule has 0 aliphatic carbocycles. The summed E-state index contributed by atoms with van der Waals surface area (Å²) in [4.78, 5) is 2.48. The molecule has 1 nitrogen and oxygen atoms in total. The molecule has 0 atom stereocenters. The number of hydrogen-bond donors (Lipinski definition) is 0. The van der Waals surface area contributed by atoms with Crippen molar-refractivity contribution >= 4 is 28.1 Å². The van der Waals surface area contributed by atoms with Crippen LogP contribution in [0.3, 0.4) is 0 Å². The summed E-state index contributed by atoms with van der Waals surface area (Å²) in [6.45, 7) is 0. The van der Waals surface area contributed by atoms with E-state index in [9.17, 15) is 0 Å². The van der Waals surface area contributed by atoms with Gasteiger partial charge in [0.05, 0.1) is 11.8 Å². The Labute approximate surface area is 108 Å². The van der Waals surface area contributed by atoms with Crippen LogP contribution in [0.4, 0.5) is 0 Å². The van der Waals surface area contributed by atoms with Crippen LogP contribution in [0.5, 0.6) is 11.5 Å². The second-order valence-electron chi connectivity index (χ2n) is 3.15. The van der Waals surface area contributed by atoms with Crippen molar-refractivity contribution in [1.82, 2.24) is 0 Å². The van der Waals surface area contributed by atoms with E-state index in [-0.39, 0.29) is 0 Å². The van der Waals surface area contributed by atoms with Crippen molar-refractivity contribution < 1.29 is 4.74 Å². The van der Waals surface area contributed by atoms with Gasteiger partial charge in [-0.3, -0.25) is 0 Å². The van der Waals surface area contributed by atoms with Gasteiger partial charge in [-0.25, -0.2) is 0 Å². The highest BCUT2D eigenvalue weighted by Crippen LogP contribution is 2.37. The minimum Gasteiger partial charge on any atom is -0.447 e. The Balaban J connectivity index is 0.000000457. The molecule has 0 N–H and O–H groups in total. The van der Waals surface area contributed by atoms with Crippen molar-refractivity contribution in [2.24, 2.45) is 0 Å². The van der Waals surface area contributed by atoms with Gasteiger partial charge in [-0.2, -0.15) is 0 Å². The first-order valence-corrected chi connectivity index (χ1v) is 7.53. The SMILES string of the molecule is [CH3][AlH].c1ccc2c(c1)Oc1ccccc1[SH+]2. The number of hydrogen-bond acceptors (Lipinski definition) is 1. The highest BCUT2D eigenvalue weighted by molar-refractivity contribution is 7.79. The van der Waals surface area contributed by atoms with Crippen molar-refractivity contribution in [3.8, 4) is 11.5 Å². The van der Waals surface area contributed by atoms with Gasteiger partial charge in [0.25, 0.3) is 0 Å². The minimum absolute atomic E-state index is 0.980. The third-order valence-corrected chi connectivity index (χ3v) is 3.41. The zero-order valence-electron chi connectivity index (χ0n) is 9.18. The van der Waals surface area contributed by atoms with Crippen molar-refractivity contribution in [2.75, 3.05) is 0 Å². The van der Waals surface area contributed by atoms with Gasteiger partial charge in [0, 0.05) is 0 Å². The van der Waals surface area contributed by atoms with E-state index < -0.39 is 0 Å². The van der Waals surface area contributed by atoms with Crippen molar-refractivity contribution in [3.63, 3.8) is 0 Å². The van der Waals surface area contributed by atoms with Crippen LogP contribution in [0.1, 0.15) is 0 Å². The summed E-state index contributed by atoms with van der Waals surface area (Å²) in [7, 11) is 0. The highest BCUT2D eigenvalue weighted by atomic mass is 32.2. The summed E-state index contributed by atoms with van der Waals surface area (Å²) in [5, 5.41) is 0. The smallest absolute Gasteiger partial charge is 0.200 e. The molecule has 0 saturated heterocycles. The Morgan fingerprint density at radius 3 is 1.75 bits per heavy atom. The lowest BCUT2D eigenvalue weighted by molar-refractivity contribution is 0.454. The van der Waals surface area contributed by atoms with E-state index in [4.69, 9.17) is 4.74 Å². The molecule has 0 saturated carbocycles. The molecule has 0 unspecified atom stereocenters. The van der Waals surface area contributed by atoms with E-state index >= 15 is 0 Å². The molecule has 0 fully saturated rings. The van der Waals surface area contributed by atoms with E-state index in [0.29, 0.717) is 0 Å². The Morgan fingerprint density at radius 1 is 0.812 bits per heavy atom. The fraction of sp³-hybridized carbons (Fsp3) is 0.0769. The first-order valence-electron chi connectivity index (χ1n) is 5.22. The molecular formula is C13H13AlOS+. The maximum Gasteiger partial charge on any atom is 0.200 e. The molecule has 1 aliphatic heterocycles. The lowest BCUT2D eigenvalue weighted by Crippen LogP contribution is -1.99. The van der Waals surface area contributed by atoms with Gasteiger partial charge in [0.15, 0.2) is 27.8 Å². The summed E-state index contributed by atoms with van der Waals surface area (Å²) in [6.07, 6.45) is 0. The summed E-state index contributed by atoms with van der Waals surface area (Å²) in [6, 6.07) is 16.3. The van der Waals surface area contributed by atoms with Crippen molar-refractivity contribution in [3.05, 3.63) is 48.5 Å². The zero-order chi connectivity index (χ0) is 11.4. The summed E-state index contributed by atoms with van der Waals surface area (Å²) < 4.78 is 5.77. The highest BCUT2D eigenvalue weighted by Gasteiger charge is 2.23. The molecule has 1 radical (unpaired) electrons. The number of benzene rings is 2. The van der Waals surface area contributed by atoms with E-state index in [2.05, 4.69) is 12.1 Å². The number of para-hydroxylation sites is 2. The van der Waals surface area contributed by atoms with Gasteiger partial charge >= 0.3 is 0 Å². The summed E-state index contributed by atoms with van der Waals surface area (Å²) in [5.74, 6) is 3.99. The predicted octanol–water partition coefficient (Wildman–Crippen LogP) is 2.96. The Morgan fingerprint density at radius 2 is 1.25 bits per heavy atom. The molecule has 3 rings (SSSR count). The Hall–Kier alpha value is -0.878. The normalized spacial score (nSPS) is 11.3. The number of ether oxygens (including phenoxy) is 1. The quantitative estimate of drug-likeness (QED) is 0.335. The van der Waals surface area contributed by atoms with Gasteiger partial charge in [-0.05, 0) is 24.3 Å². The monoisotopic (exact) mass is 244 g/mol. The maximum atomic E-state index is 5.77. The number of fused-ring (bicyclic) bond motifs is 2. The van der Waals surface area contributed by atoms with Gasteiger partial charge in [-0.1, -0.05) is 24.3 Å². The molecule has 1 aliphatic rings. The van der Waals surface area contributed by atoms with Crippen LogP contribution in [-0.4, -0.2) is 16.3 Å². The third kappa shape index (κ3) is 2.27. The van der Waals surface area contributed by atoms with E-state index in [1.165, 1.54) is 21.6 Å². The van der Waals surface area contributed by atoms with E-state index in [1.807, 2.05) is 58.5 Å². The summed E-state index contributed by atoms with van der Waals surface area (Å²) in [5.41, 5.74) is 0. The van der Waals surface area contributed by atoms with Crippen LogP contribution in [0.2, 0.25) is 5.79 Å². The third-order valence-electron chi connectivity index (χ3n) is 2.19. The second-order valence-corrected chi connectivity index (χ2v) is 4.34. The molecule has 0 amide bonds. The maximum absolute atomic E-state index is 5.77. The van der Waals surface area contributed by atoms with Gasteiger partial charge in [0.1, 0.15) is 0 Å². The average molecular weight is 244 g/mol. The average Bonchev–Trinajstić information content (AvgIpc) is 2.38. The molecule has 2 aromatic rings. The van der Waals surface area contributed by atoms with E-state index in [0.717, 1.165) is 11.5 Å². The largest absolute Gasteiger partial charge is 0.447 e. The second kappa shape index (κ2) is 5.45. The molecule has 0 spiro atoms. The van der Waals surface area contributed by atoms with E-state index in [1.54, 1.807) is 0 Å². The van der Waals surface area contributed by atoms with Crippen LogP contribution in [0, 0.1) is 0 Å². The zero-order valence-corrected chi connectivity index (χ0v) is 11.5. The van der Waals surface area contributed by atoms with Crippen LogP contribution in [0.15, 0.2) is 58.3 Å². The predicted molar refractivity (Wildman–Crippen MR) is 71.3 cm³/mol. The van der Waals surface area contributed by atoms with Gasteiger partial charge in [0.2, 0.25) is 9.79 Å². The van der Waals surface area contributed by atoms with Crippen molar-refractivity contribution in [1.29, 1.82) is 0 Å². The molecular weight excluding hydrogens is 231 g/mol. The van der Waals surface area contributed by atoms with Crippen LogP contribution in [-0.2, 0) is 11.8 Å². The molecule has 0 aromatic heterocycles. The van der Waals surface area contributed by atoms with Crippen LogP contribution in [0.25, 0.3) is 0 Å². The van der Waals surface area contributed by atoms with Crippen molar-refractivity contribution in [2.45, 2.75) is 15.6 Å². The number of thiol groups is 1. The lowest BCUT2D eigenvalue weighted by atomic mass is 10.3. The fourth-order valence-electron chi connectivity index (χ4n) is 1.52. The molecule has 3 heteroatoms. The fourth-order valence-corrected chi connectivity index (χ4v) is 2.56. The lowest BCUT2D eigenvalue weighted by Gasteiger charge is -2.12. The molecule has 1 heterocycles. The molecule has 16 heavy (non-hydrogen) atoms. The van der Waals surface area contributed by atoms with Crippen LogP contribution >= 0.6 is 0 Å². The Bertz CT molecular complexity index is 397. The van der Waals surface area contributed by atoms with Gasteiger partial charge < -0.3 is 4.74 Å². The first kappa shape index (κ1) is 11.6. The molecule has 79 valence electrons. The first-order chi connectivity index (χ1) is 7.93. The molecule has 2 aromatic carbocycles. The van der Waals surface area contributed by atoms with Gasteiger partial charge in [-0.15, -0.1) is 5.79 Å². The topological polar surface area (TPSA) is 9.23 Å². The molecule has 0 bridgehead atoms. The summed E-state index contributed by atoms with van der Waals surface area (Å²) >= 11 is 3.10. The minimum atomic E-state index is 0.980. The van der Waals surface area contributed by atoms with Crippen LogP contribution < -0.4 is 4.74 Å². The number of rotatable bonds is 0. The Kier molecular flexibility index (Phi) is 3.95.